The van der Waals surface area contributed by atoms with Crippen molar-refractivity contribution in [1.29, 1.82) is 0 Å². The maximum absolute atomic E-state index is 5.77. The van der Waals surface area contributed by atoms with Crippen LogP contribution in [0, 0.1) is 6.92 Å². The van der Waals surface area contributed by atoms with Crippen molar-refractivity contribution in [3.05, 3.63) is 17.6 Å². The maximum atomic E-state index is 5.77. The number of aryl methyl sites for hydroxylation is 1. The Balaban J connectivity index is 1.84. The third-order valence-electron chi connectivity index (χ3n) is 3.53. The second-order valence-electron chi connectivity index (χ2n) is 4.96. The first-order valence-electron chi connectivity index (χ1n) is 6.76. The van der Waals surface area contributed by atoms with Gasteiger partial charge in [-0.2, -0.15) is 0 Å². The third-order valence-corrected chi connectivity index (χ3v) is 3.53. The molecule has 2 fully saturated rings. The molecule has 18 heavy (non-hydrogen) atoms. The van der Waals surface area contributed by atoms with E-state index in [0.29, 0.717) is 0 Å². The van der Waals surface area contributed by atoms with Gasteiger partial charge in [0, 0.05) is 32.2 Å². The first-order valence-corrected chi connectivity index (χ1v) is 6.76. The number of nitrogens with one attached hydrogen (secondary N) is 1. The van der Waals surface area contributed by atoms with E-state index in [9.17, 15) is 0 Å². The summed E-state index contributed by atoms with van der Waals surface area (Å²) in [5.41, 5.74) is 1.01. The zero-order valence-electron chi connectivity index (χ0n) is 10.9. The van der Waals surface area contributed by atoms with Gasteiger partial charge in [0.1, 0.15) is 17.7 Å². The van der Waals surface area contributed by atoms with Gasteiger partial charge in [-0.25, -0.2) is 9.97 Å². The van der Waals surface area contributed by atoms with Crippen molar-refractivity contribution < 1.29 is 4.74 Å². The highest BCUT2D eigenvalue weighted by Crippen LogP contribution is 2.23. The number of hydrogen-bond acceptors (Lipinski definition) is 5. The number of nitrogens with zero attached hydrogens (tertiary/aromatic N) is 3. The van der Waals surface area contributed by atoms with Crippen LogP contribution in [0.1, 0.15) is 30.5 Å². The molecule has 1 unspecified atom stereocenters. The van der Waals surface area contributed by atoms with Crippen LogP contribution in [0.5, 0.6) is 0 Å². The molecule has 98 valence electrons. The Morgan fingerprint density at radius 3 is 2.89 bits per heavy atom. The fourth-order valence-electron chi connectivity index (χ4n) is 2.60. The van der Waals surface area contributed by atoms with Crippen LogP contribution in [0.4, 0.5) is 5.82 Å². The molecule has 2 aliphatic heterocycles. The second-order valence-corrected chi connectivity index (χ2v) is 4.96. The summed E-state index contributed by atoms with van der Waals surface area (Å²) >= 11 is 0. The first-order chi connectivity index (χ1) is 8.83. The molecule has 1 atom stereocenters. The van der Waals surface area contributed by atoms with E-state index in [2.05, 4.69) is 26.3 Å². The molecule has 5 nitrogen and oxygen atoms in total. The minimum absolute atomic E-state index is 0.0711. The molecule has 3 rings (SSSR count). The van der Waals surface area contributed by atoms with Gasteiger partial charge in [-0.3, -0.25) is 0 Å². The predicted molar refractivity (Wildman–Crippen MR) is 69.8 cm³/mol. The van der Waals surface area contributed by atoms with Crippen molar-refractivity contribution >= 4 is 5.82 Å². The zero-order chi connectivity index (χ0) is 12.4. The number of aromatic nitrogens is 2. The summed E-state index contributed by atoms with van der Waals surface area (Å²) in [4.78, 5) is 11.4. The van der Waals surface area contributed by atoms with Crippen molar-refractivity contribution in [2.24, 2.45) is 0 Å². The van der Waals surface area contributed by atoms with Gasteiger partial charge in [0.2, 0.25) is 0 Å². The molecule has 0 radical (unpaired) electrons. The molecule has 2 aliphatic rings. The second kappa shape index (κ2) is 5.20. The minimum Gasteiger partial charge on any atom is -0.369 e. The van der Waals surface area contributed by atoms with Gasteiger partial charge >= 0.3 is 0 Å². The Labute approximate surface area is 108 Å². The van der Waals surface area contributed by atoms with Gasteiger partial charge < -0.3 is 15.0 Å². The Morgan fingerprint density at radius 2 is 2.17 bits per heavy atom. The molecule has 0 aliphatic carbocycles. The van der Waals surface area contributed by atoms with Crippen LogP contribution in [0.15, 0.2) is 6.07 Å². The van der Waals surface area contributed by atoms with Crippen LogP contribution in [0.25, 0.3) is 0 Å². The molecule has 0 aromatic carbocycles. The molecule has 1 aromatic heterocycles. The van der Waals surface area contributed by atoms with Crippen LogP contribution >= 0.6 is 0 Å². The molecule has 0 saturated carbocycles. The number of ether oxygens (including phenoxy) is 1. The lowest BCUT2D eigenvalue weighted by molar-refractivity contribution is 0.0249. The van der Waals surface area contributed by atoms with E-state index < -0.39 is 0 Å². The van der Waals surface area contributed by atoms with Crippen LogP contribution in [-0.4, -0.2) is 42.8 Å². The van der Waals surface area contributed by atoms with E-state index in [1.807, 2.05) is 6.92 Å². The summed E-state index contributed by atoms with van der Waals surface area (Å²) in [6.45, 7) is 6.71. The first kappa shape index (κ1) is 11.9. The van der Waals surface area contributed by atoms with E-state index in [4.69, 9.17) is 4.74 Å². The topological polar surface area (TPSA) is 50.3 Å². The summed E-state index contributed by atoms with van der Waals surface area (Å²) in [6, 6.07) is 2.09. The fraction of sp³-hybridized carbons (Fsp3) is 0.692. The molecule has 0 amide bonds. The van der Waals surface area contributed by atoms with E-state index >= 15 is 0 Å². The summed E-state index contributed by atoms with van der Waals surface area (Å²) < 4.78 is 5.77. The summed E-state index contributed by atoms with van der Waals surface area (Å²) in [5, 5.41) is 3.34. The molecular formula is C13H20N4O. The number of morpholine rings is 1. The molecule has 2 saturated heterocycles. The van der Waals surface area contributed by atoms with E-state index in [1.165, 1.54) is 12.8 Å². The standard InChI is InChI=1S/C13H20N4O/c1-10-15-11(12-9-14-4-7-18-12)8-13(16-10)17-5-2-3-6-17/h8,12,14H,2-7,9H2,1H3. The molecular weight excluding hydrogens is 228 g/mol. The average Bonchev–Trinajstić information content (AvgIpc) is 2.93. The Bertz CT molecular complexity index is 411. The molecule has 3 heterocycles. The SMILES string of the molecule is Cc1nc(C2CNCCO2)cc(N2CCCC2)n1. The number of anilines is 1. The van der Waals surface area contributed by atoms with Crippen molar-refractivity contribution in [1.82, 2.24) is 15.3 Å². The highest BCUT2D eigenvalue weighted by Gasteiger charge is 2.21. The maximum Gasteiger partial charge on any atom is 0.132 e. The molecule has 0 spiro atoms. The third kappa shape index (κ3) is 2.47. The number of rotatable bonds is 2. The summed E-state index contributed by atoms with van der Waals surface area (Å²) in [5.74, 6) is 1.90. The highest BCUT2D eigenvalue weighted by molar-refractivity contribution is 5.41. The van der Waals surface area contributed by atoms with Gasteiger partial charge in [0.15, 0.2) is 0 Å². The lowest BCUT2D eigenvalue weighted by Gasteiger charge is -2.25. The van der Waals surface area contributed by atoms with Gasteiger partial charge in [-0.05, 0) is 19.8 Å². The number of hydrogen-bond donors (Lipinski definition) is 1. The average molecular weight is 248 g/mol. The summed E-state index contributed by atoms with van der Waals surface area (Å²) in [6.07, 6.45) is 2.60. The van der Waals surface area contributed by atoms with Crippen LogP contribution in [0.3, 0.4) is 0 Å². The lowest BCUT2D eigenvalue weighted by atomic mass is 10.2. The Kier molecular flexibility index (Phi) is 3.43. The van der Waals surface area contributed by atoms with Gasteiger partial charge in [-0.1, -0.05) is 0 Å². The molecule has 0 bridgehead atoms. The molecule has 1 N–H and O–H groups in total. The van der Waals surface area contributed by atoms with Gasteiger partial charge in [0.05, 0.1) is 12.3 Å². The monoisotopic (exact) mass is 248 g/mol. The zero-order valence-corrected chi connectivity index (χ0v) is 10.9. The van der Waals surface area contributed by atoms with Crippen LogP contribution < -0.4 is 10.2 Å². The minimum atomic E-state index is 0.0711. The normalized spacial score (nSPS) is 24.5. The quantitative estimate of drug-likeness (QED) is 0.847. The van der Waals surface area contributed by atoms with Gasteiger partial charge in [0.25, 0.3) is 0 Å². The van der Waals surface area contributed by atoms with E-state index in [1.54, 1.807) is 0 Å². The van der Waals surface area contributed by atoms with E-state index in [0.717, 1.165) is 50.1 Å². The lowest BCUT2D eigenvalue weighted by Crippen LogP contribution is -2.34. The van der Waals surface area contributed by atoms with E-state index in [-0.39, 0.29) is 6.10 Å². The van der Waals surface area contributed by atoms with Crippen LogP contribution in [-0.2, 0) is 4.74 Å². The Morgan fingerprint density at radius 1 is 1.33 bits per heavy atom. The largest absolute Gasteiger partial charge is 0.369 e. The predicted octanol–water partition coefficient (Wildman–Crippen LogP) is 1.05. The van der Waals surface area contributed by atoms with Crippen molar-refractivity contribution in [2.75, 3.05) is 37.7 Å². The highest BCUT2D eigenvalue weighted by atomic mass is 16.5. The van der Waals surface area contributed by atoms with Crippen molar-refractivity contribution in [3.63, 3.8) is 0 Å². The van der Waals surface area contributed by atoms with Crippen LogP contribution in [0.2, 0.25) is 0 Å². The van der Waals surface area contributed by atoms with Crippen molar-refractivity contribution in [3.8, 4) is 0 Å². The smallest absolute Gasteiger partial charge is 0.132 e. The summed E-state index contributed by atoms with van der Waals surface area (Å²) in [7, 11) is 0. The van der Waals surface area contributed by atoms with Crippen molar-refractivity contribution in [2.45, 2.75) is 25.9 Å². The molecule has 5 heteroatoms. The fourth-order valence-corrected chi connectivity index (χ4v) is 2.60. The molecule has 1 aromatic rings. The van der Waals surface area contributed by atoms with Gasteiger partial charge in [-0.15, -0.1) is 0 Å². The Hall–Kier alpha value is -1.20.